The van der Waals surface area contributed by atoms with E-state index in [1.807, 2.05) is 0 Å². The molecular weight excluding hydrogens is 539 g/mol. The number of alkyl halides is 3. The molecular formula is C26H30F3N3O8. The van der Waals surface area contributed by atoms with Crippen LogP contribution in [0, 0.1) is 11.8 Å². The molecule has 218 valence electrons. The van der Waals surface area contributed by atoms with Gasteiger partial charge in [-0.05, 0) is 25.6 Å². The van der Waals surface area contributed by atoms with Gasteiger partial charge in [-0.2, -0.15) is 13.2 Å². The third-order valence-electron chi connectivity index (χ3n) is 8.11. The van der Waals surface area contributed by atoms with E-state index in [1.165, 1.54) is 31.1 Å². The standard InChI is InChI=1S/C26H30F3N3O8/c1-9-11-5-4-10(8-31-7-6-25(27,28)29)18(33)13(11)19(34)14-12(9)20(35)16-17(32(2)3)21(36)15(24(30)39)23(38)26(16,40)22(14)37/h4-5,9,12,16-17,20,31,33-35,38,40H,6-8H2,1-3H3,(H2,30,39)/t9-,12?,16?,17-,20?,26-/m0/s1. The average molecular weight is 570 g/mol. The van der Waals surface area contributed by atoms with Gasteiger partial charge in [0.2, 0.25) is 5.78 Å². The van der Waals surface area contributed by atoms with Crippen LogP contribution in [-0.4, -0.2) is 92.5 Å². The number of aromatic hydroxyl groups is 1. The molecule has 3 aliphatic carbocycles. The Kier molecular flexibility index (Phi) is 7.28. The Morgan fingerprint density at radius 3 is 2.35 bits per heavy atom. The fourth-order valence-corrected chi connectivity index (χ4v) is 6.26. The van der Waals surface area contributed by atoms with Gasteiger partial charge >= 0.3 is 6.18 Å². The SMILES string of the molecule is C[C@H]1c2ccc(CNCCC(F)(F)F)c(O)c2C(O)=C2C(=O)[C@]3(O)C(O)=C(C(N)=O)C(=O)[C@@H](N(C)C)C3C(O)C21. The summed E-state index contributed by atoms with van der Waals surface area (Å²) in [5.74, 6) is -10.1. The van der Waals surface area contributed by atoms with E-state index in [0.717, 1.165) is 0 Å². The minimum Gasteiger partial charge on any atom is -0.508 e. The molecule has 6 atom stereocenters. The highest BCUT2D eigenvalue weighted by molar-refractivity contribution is 6.24. The van der Waals surface area contributed by atoms with Crippen molar-refractivity contribution in [2.45, 2.75) is 49.7 Å². The molecule has 8 N–H and O–H groups in total. The second-order valence-corrected chi connectivity index (χ2v) is 10.6. The number of amides is 1. The molecule has 3 unspecified atom stereocenters. The fraction of sp³-hybridized carbons (Fsp3) is 0.500. The number of nitrogens with one attached hydrogen (secondary N) is 1. The Morgan fingerprint density at radius 2 is 1.80 bits per heavy atom. The zero-order valence-corrected chi connectivity index (χ0v) is 21.8. The van der Waals surface area contributed by atoms with Gasteiger partial charge in [0.1, 0.15) is 22.8 Å². The van der Waals surface area contributed by atoms with E-state index < -0.39 is 101 Å². The van der Waals surface area contributed by atoms with Crippen molar-refractivity contribution in [3.8, 4) is 5.75 Å². The average Bonchev–Trinajstić information content (AvgIpc) is 2.84. The minimum atomic E-state index is -4.39. The van der Waals surface area contributed by atoms with E-state index >= 15 is 0 Å². The number of carbonyl (C=O) groups is 3. The summed E-state index contributed by atoms with van der Waals surface area (Å²) >= 11 is 0. The van der Waals surface area contributed by atoms with Crippen LogP contribution in [0.5, 0.6) is 5.75 Å². The number of ketones is 2. The first kappa shape index (κ1) is 29.5. The topological polar surface area (TPSA) is 194 Å². The molecule has 4 rings (SSSR count). The molecule has 11 nitrogen and oxygen atoms in total. The number of hydrogen-bond donors (Lipinski definition) is 7. The summed E-state index contributed by atoms with van der Waals surface area (Å²) in [5.41, 5.74) is 0.850. The highest BCUT2D eigenvalue weighted by Gasteiger charge is 2.68. The van der Waals surface area contributed by atoms with E-state index in [1.54, 1.807) is 6.92 Å². The molecule has 0 bridgehead atoms. The van der Waals surface area contributed by atoms with Crippen LogP contribution in [0.25, 0.3) is 5.76 Å². The molecule has 0 heterocycles. The Balaban J connectivity index is 1.86. The number of likely N-dealkylation sites (N-methyl/N-ethyl adjacent to an activating group) is 1. The number of aliphatic hydroxyl groups is 4. The van der Waals surface area contributed by atoms with Crippen molar-refractivity contribution >= 4 is 23.2 Å². The summed E-state index contributed by atoms with van der Waals surface area (Å²) in [7, 11) is 2.82. The van der Waals surface area contributed by atoms with Crippen molar-refractivity contribution in [1.29, 1.82) is 0 Å². The first-order chi connectivity index (χ1) is 18.5. The number of primary amides is 1. The molecule has 1 aromatic carbocycles. The Labute approximate surface area is 226 Å². The van der Waals surface area contributed by atoms with Crippen molar-refractivity contribution in [2.75, 3.05) is 20.6 Å². The third kappa shape index (κ3) is 4.26. The Morgan fingerprint density at radius 1 is 1.18 bits per heavy atom. The van der Waals surface area contributed by atoms with Crippen LogP contribution in [0.2, 0.25) is 0 Å². The Bertz CT molecular complexity index is 1360. The van der Waals surface area contributed by atoms with Crippen molar-refractivity contribution in [3.05, 3.63) is 45.7 Å². The molecule has 14 heteroatoms. The quantitative estimate of drug-likeness (QED) is 0.188. The summed E-state index contributed by atoms with van der Waals surface area (Å²) < 4.78 is 37.4. The number of rotatable bonds is 6. The van der Waals surface area contributed by atoms with Crippen molar-refractivity contribution in [1.82, 2.24) is 10.2 Å². The zero-order valence-electron chi connectivity index (χ0n) is 21.8. The summed E-state index contributed by atoms with van der Waals surface area (Å²) in [6.45, 7) is 0.928. The van der Waals surface area contributed by atoms with Crippen LogP contribution in [0.1, 0.15) is 36.0 Å². The lowest BCUT2D eigenvalue weighted by Gasteiger charge is -2.53. The maximum Gasteiger partial charge on any atom is 0.390 e. The lowest BCUT2D eigenvalue weighted by molar-refractivity contribution is -0.169. The van der Waals surface area contributed by atoms with Gasteiger partial charge in [0.15, 0.2) is 11.4 Å². The zero-order chi connectivity index (χ0) is 30.1. The van der Waals surface area contributed by atoms with Crippen LogP contribution < -0.4 is 11.1 Å². The fourth-order valence-electron chi connectivity index (χ4n) is 6.26. The molecule has 40 heavy (non-hydrogen) atoms. The first-order valence-electron chi connectivity index (χ1n) is 12.4. The number of phenolic OH excluding ortho intramolecular Hbond substituents is 1. The van der Waals surface area contributed by atoms with Gasteiger partial charge in [-0.3, -0.25) is 19.3 Å². The van der Waals surface area contributed by atoms with Crippen molar-refractivity contribution in [3.63, 3.8) is 0 Å². The van der Waals surface area contributed by atoms with E-state index in [0.29, 0.717) is 5.56 Å². The molecule has 1 amide bonds. The van der Waals surface area contributed by atoms with Gasteiger partial charge in [-0.1, -0.05) is 19.1 Å². The van der Waals surface area contributed by atoms with Crippen molar-refractivity contribution in [2.24, 2.45) is 17.6 Å². The van der Waals surface area contributed by atoms with Gasteiger partial charge in [0.05, 0.1) is 30.0 Å². The van der Waals surface area contributed by atoms with Gasteiger partial charge in [0, 0.05) is 30.1 Å². The lowest BCUT2D eigenvalue weighted by Crippen LogP contribution is -2.70. The number of halogens is 3. The Hall–Kier alpha value is -3.46. The van der Waals surface area contributed by atoms with E-state index in [4.69, 9.17) is 5.73 Å². The maximum absolute atomic E-state index is 13.9. The summed E-state index contributed by atoms with van der Waals surface area (Å²) in [5, 5.41) is 58.9. The van der Waals surface area contributed by atoms with E-state index in [2.05, 4.69) is 5.32 Å². The number of hydrogen-bond acceptors (Lipinski definition) is 10. The predicted octanol–water partition coefficient (Wildman–Crippen LogP) is 0.538. The number of phenols is 1. The number of fused-ring (bicyclic) bond motifs is 3. The van der Waals surface area contributed by atoms with Crippen LogP contribution in [0.4, 0.5) is 13.2 Å². The smallest absolute Gasteiger partial charge is 0.390 e. The van der Waals surface area contributed by atoms with Gasteiger partial charge in [-0.25, -0.2) is 0 Å². The number of Topliss-reactive ketones (excluding diaryl/α,β-unsaturated/α-hetero) is 2. The normalized spacial score (nSPS) is 30.4. The van der Waals surface area contributed by atoms with Crippen molar-refractivity contribution < 1.29 is 53.1 Å². The van der Waals surface area contributed by atoms with Gasteiger partial charge < -0.3 is 36.6 Å². The summed E-state index contributed by atoms with van der Waals surface area (Å²) in [6.07, 6.45) is -7.22. The van der Waals surface area contributed by atoms with Crippen LogP contribution in [0.3, 0.4) is 0 Å². The molecule has 1 aromatic rings. The number of nitrogens with zero attached hydrogens (tertiary/aromatic N) is 1. The molecule has 0 aromatic heterocycles. The monoisotopic (exact) mass is 569 g/mol. The van der Waals surface area contributed by atoms with Gasteiger partial charge in [0.25, 0.3) is 5.91 Å². The van der Waals surface area contributed by atoms with Crippen LogP contribution >= 0.6 is 0 Å². The summed E-state index contributed by atoms with van der Waals surface area (Å²) in [6, 6.07) is 1.46. The number of carbonyl (C=O) groups excluding carboxylic acids is 3. The molecule has 1 saturated carbocycles. The number of nitrogens with two attached hydrogens (primary N) is 1. The molecule has 0 saturated heterocycles. The van der Waals surface area contributed by atoms with Crippen LogP contribution in [0.15, 0.2) is 29.0 Å². The lowest BCUT2D eigenvalue weighted by atomic mass is 9.54. The highest BCUT2D eigenvalue weighted by Crippen LogP contribution is 2.56. The minimum absolute atomic E-state index is 0.105. The molecule has 3 aliphatic rings. The third-order valence-corrected chi connectivity index (χ3v) is 8.11. The number of benzene rings is 1. The van der Waals surface area contributed by atoms with E-state index in [-0.39, 0.29) is 17.7 Å². The highest BCUT2D eigenvalue weighted by atomic mass is 19.4. The molecule has 1 fully saturated rings. The largest absolute Gasteiger partial charge is 0.508 e. The second-order valence-electron chi connectivity index (χ2n) is 10.6. The molecule has 0 aliphatic heterocycles. The number of aliphatic hydroxyl groups excluding tert-OH is 3. The molecule has 0 spiro atoms. The first-order valence-corrected chi connectivity index (χ1v) is 12.4. The van der Waals surface area contributed by atoms with E-state index in [9.17, 15) is 53.1 Å². The molecule has 0 radical (unpaired) electrons. The maximum atomic E-state index is 13.9. The summed E-state index contributed by atoms with van der Waals surface area (Å²) in [4.78, 5) is 40.4. The predicted molar refractivity (Wildman–Crippen MR) is 133 cm³/mol. The van der Waals surface area contributed by atoms with Crippen LogP contribution in [-0.2, 0) is 20.9 Å². The van der Waals surface area contributed by atoms with Gasteiger partial charge in [-0.15, -0.1) is 0 Å². The second kappa shape index (κ2) is 9.87.